The van der Waals surface area contributed by atoms with E-state index in [2.05, 4.69) is 16.8 Å². The number of piperazine rings is 1. The number of cyclic esters (lactones) is 1. The van der Waals surface area contributed by atoms with Crippen LogP contribution in [-0.2, 0) is 39.6 Å². The van der Waals surface area contributed by atoms with Crippen molar-refractivity contribution >= 4 is 22.8 Å². The number of pyridine rings is 2. The molecule has 1 saturated heterocycles. The van der Waals surface area contributed by atoms with E-state index in [0.717, 1.165) is 54.8 Å². The fraction of sp³-hybridized carbons (Fsp3) is 0.467. The van der Waals surface area contributed by atoms with Gasteiger partial charge in [0, 0.05) is 55.3 Å². The number of esters is 1. The molecule has 1 atom stereocenters. The standard InChI is InChI=1S/C27H28N4O6.C3H3F3O2/c1-3-27(34)19-9-21-24-17(12-31(21)25(32)18(19)13-35-26(27)33)16(11-30-6-4-29(2)5-7-30)15-8-22-23(37-14-36-22)10-20(15)28-24;4-3(5,6)1-2(7)8/h8-10,34H,3-7,11-14H2,1-2H3;1H2,(H,7,8)/t27-;/m0./s1. The highest BCUT2D eigenvalue weighted by Crippen LogP contribution is 2.43. The average molecular weight is 633 g/mol. The molecular formula is C30H31F3N4O8. The maximum absolute atomic E-state index is 13.7. The van der Waals surface area contributed by atoms with Crippen LogP contribution >= 0.6 is 0 Å². The Morgan fingerprint density at radius 1 is 1.04 bits per heavy atom. The van der Waals surface area contributed by atoms with Gasteiger partial charge in [0.2, 0.25) is 6.79 Å². The van der Waals surface area contributed by atoms with E-state index in [9.17, 15) is 32.7 Å². The van der Waals surface area contributed by atoms with E-state index in [4.69, 9.17) is 24.3 Å². The third-order valence-electron chi connectivity index (χ3n) is 8.63. The number of ether oxygens (including phenoxy) is 3. The number of halogens is 3. The molecule has 0 bridgehead atoms. The summed E-state index contributed by atoms with van der Waals surface area (Å²) >= 11 is 0. The number of carboxylic acid groups (broad SMARTS) is 1. The van der Waals surface area contributed by atoms with Crippen molar-refractivity contribution in [2.45, 2.75) is 51.2 Å². The monoisotopic (exact) mass is 632 g/mol. The molecule has 6 heterocycles. The molecule has 0 amide bonds. The first kappa shape index (κ1) is 30.8. The second kappa shape index (κ2) is 11.3. The summed E-state index contributed by atoms with van der Waals surface area (Å²) < 4.78 is 51.0. The summed E-state index contributed by atoms with van der Waals surface area (Å²) in [4.78, 5) is 45.2. The molecule has 1 aromatic carbocycles. The van der Waals surface area contributed by atoms with Gasteiger partial charge in [-0.25, -0.2) is 9.78 Å². The minimum absolute atomic E-state index is 0.109. The minimum atomic E-state index is -4.58. The predicted octanol–water partition coefficient (Wildman–Crippen LogP) is 2.58. The molecular weight excluding hydrogens is 601 g/mol. The summed E-state index contributed by atoms with van der Waals surface area (Å²) in [5, 5.41) is 19.7. The number of carbonyl (C=O) groups excluding carboxylic acids is 1. The molecule has 4 aliphatic rings. The van der Waals surface area contributed by atoms with Crippen molar-refractivity contribution in [3.8, 4) is 22.9 Å². The Kier molecular flexibility index (Phi) is 7.73. The Hall–Kier alpha value is -4.21. The lowest BCUT2D eigenvalue weighted by atomic mass is 9.86. The summed E-state index contributed by atoms with van der Waals surface area (Å²) in [6, 6.07) is 5.65. The average Bonchev–Trinajstić information content (AvgIpc) is 3.59. The van der Waals surface area contributed by atoms with E-state index in [1.807, 2.05) is 12.1 Å². The van der Waals surface area contributed by atoms with E-state index in [1.165, 1.54) is 0 Å². The maximum atomic E-state index is 13.7. The molecule has 1 fully saturated rings. The van der Waals surface area contributed by atoms with Crippen molar-refractivity contribution in [3.05, 3.63) is 50.8 Å². The van der Waals surface area contributed by atoms with Crippen LogP contribution in [0.1, 0.15) is 42.0 Å². The van der Waals surface area contributed by atoms with Gasteiger partial charge in [0.25, 0.3) is 5.56 Å². The summed E-state index contributed by atoms with van der Waals surface area (Å²) in [6.45, 7) is 6.71. The third kappa shape index (κ3) is 5.59. The largest absolute Gasteiger partial charge is 0.481 e. The maximum Gasteiger partial charge on any atom is 0.399 e. The van der Waals surface area contributed by atoms with Gasteiger partial charge in [-0.05, 0) is 31.2 Å². The van der Waals surface area contributed by atoms with Crippen LogP contribution in [0.5, 0.6) is 11.5 Å². The van der Waals surface area contributed by atoms with Gasteiger partial charge in [-0.2, -0.15) is 13.2 Å². The smallest absolute Gasteiger partial charge is 0.399 e. The van der Waals surface area contributed by atoms with Crippen LogP contribution in [0.4, 0.5) is 13.2 Å². The van der Waals surface area contributed by atoms with E-state index in [-0.39, 0.29) is 25.4 Å². The minimum Gasteiger partial charge on any atom is -0.481 e. The number of rotatable bonds is 4. The number of hydrogen-bond acceptors (Lipinski definition) is 10. The van der Waals surface area contributed by atoms with E-state index < -0.39 is 30.1 Å². The molecule has 240 valence electrons. The van der Waals surface area contributed by atoms with Gasteiger partial charge < -0.3 is 33.9 Å². The molecule has 12 nitrogen and oxygen atoms in total. The lowest BCUT2D eigenvalue weighted by molar-refractivity contribution is -0.172. The molecule has 0 aliphatic carbocycles. The van der Waals surface area contributed by atoms with Crippen LogP contribution in [0.25, 0.3) is 22.3 Å². The normalized spacial score (nSPS) is 20.6. The molecule has 0 spiro atoms. The van der Waals surface area contributed by atoms with Crippen molar-refractivity contribution < 1.29 is 47.2 Å². The Morgan fingerprint density at radius 2 is 1.73 bits per heavy atom. The zero-order valence-corrected chi connectivity index (χ0v) is 24.6. The van der Waals surface area contributed by atoms with Crippen LogP contribution in [-0.4, -0.2) is 87.7 Å². The van der Waals surface area contributed by atoms with Gasteiger partial charge in [0.15, 0.2) is 17.1 Å². The Labute approximate surface area is 254 Å². The Bertz CT molecular complexity index is 1770. The first-order valence-corrected chi connectivity index (χ1v) is 14.4. The highest BCUT2D eigenvalue weighted by atomic mass is 19.4. The molecule has 2 aromatic heterocycles. The van der Waals surface area contributed by atoms with Crippen LogP contribution < -0.4 is 15.0 Å². The molecule has 7 rings (SSSR count). The van der Waals surface area contributed by atoms with Gasteiger partial charge in [0.1, 0.15) is 13.0 Å². The molecule has 0 radical (unpaired) electrons. The number of benzene rings is 1. The molecule has 3 aromatic rings. The molecule has 2 N–H and O–H groups in total. The van der Waals surface area contributed by atoms with Crippen LogP contribution in [0.15, 0.2) is 23.0 Å². The lowest BCUT2D eigenvalue weighted by Crippen LogP contribution is -2.44. The summed E-state index contributed by atoms with van der Waals surface area (Å²) in [7, 11) is 2.13. The van der Waals surface area contributed by atoms with Crippen molar-refractivity contribution in [1.82, 2.24) is 19.4 Å². The second-order valence-corrected chi connectivity index (χ2v) is 11.5. The van der Waals surface area contributed by atoms with Crippen molar-refractivity contribution in [3.63, 3.8) is 0 Å². The van der Waals surface area contributed by atoms with Crippen molar-refractivity contribution in [2.75, 3.05) is 40.0 Å². The number of nitrogens with zero attached hydrogens (tertiary/aromatic N) is 4. The number of alkyl halides is 3. The van der Waals surface area contributed by atoms with Crippen molar-refractivity contribution in [2.24, 2.45) is 0 Å². The number of aliphatic carboxylic acids is 1. The van der Waals surface area contributed by atoms with E-state index in [0.29, 0.717) is 40.6 Å². The quantitative estimate of drug-likeness (QED) is 0.321. The zero-order chi connectivity index (χ0) is 32.3. The number of hydrogen-bond donors (Lipinski definition) is 2. The summed E-state index contributed by atoms with van der Waals surface area (Å²) in [6.07, 6.45) is -6.23. The number of likely N-dealkylation sites (N-methyl/N-ethyl adjacent to an activating group) is 1. The summed E-state index contributed by atoms with van der Waals surface area (Å²) in [5.74, 6) is -1.23. The van der Waals surface area contributed by atoms with Crippen LogP contribution in [0.2, 0.25) is 0 Å². The van der Waals surface area contributed by atoms with Gasteiger partial charge in [0.05, 0.1) is 29.0 Å². The Morgan fingerprint density at radius 3 is 2.36 bits per heavy atom. The lowest BCUT2D eigenvalue weighted by Gasteiger charge is -2.33. The van der Waals surface area contributed by atoms with Gasteiger partial charge in [-0.15, -0.1) is 0 Å². The predicted molar refractivity (Wildman–Crippen MR) is 152 cm³/mol. The topological polar surface area (TPSA) is 144 Å². The zero-order valence-electron chi connectivity index (χ0n) is 24.6. The number of fused-ring (bicyclic) bond motifs is 6. The summed E-state index contributed by atoms with van der Waals surface area (Å²) in [5.41, 5.74) is 2.71. The highest BCUT2D eigenvalue weighted by molar-refractivity contribution is 5.91. The Balaban J connectivity index is 0.000000397. The van der Waals surface area contributed by atoms with Crippen LogP contribution in [0, 0.1) is 0 Å². The molecule has 45 heavy (non-hydrogen) atoms. The van der Waals surface area contributed by atoms with Gasteiger partial charge in [-0.1, -0.05) is 6.92 Å². The van der Waals surface area contributed by atoms with Crippen molar-refractivity contribution in [1.29, 1.82) is 0 Å². The fourth-order valence-corrected chi connectivity index (χ4v) is 6.13. The van der Waals surface area contributed by atoms with E-state index in [1.54, 1.807) is 17.6 Å². The molecule has 4 aliphatic heterocycles. The first-order valence-electron chi connectivity index (χ1n) is 14.4. The first-order chi connectivity index (χ1) is 21.3. The number of aromatic nitrogens is 2. The van der Waals surface area contributed by atoms with Gasteiger partial charge >= 0.3 is 18.1 Å². The number of carboxylic acids is 1. The molecule has 0 saturated carbocycles. The van der Waals surface area contributed by atoms with E-state index >= 15 is 0 Å². The molecule has 15 heteroatoms. The fourth-order valence-electron chi connectivity index (χ4n) is 6.13. The van der Waals surface area contributed by atoms with Gasteiger partial charge in [-0.3, -0.25) is 14.5 Å². The highest BCUT2D eigenvalue weighted by Gasteiger charge is 2.45. The number of aliphatic hydroxyl groups is 1. The number of carbonyl (C=O) groups is 2. The second-order valence-electron chi connectivity index (χ2n) is 11.5. The molecule has 0 unspecified atom stereocenters. The SMILES string of the molecule is CC[C@@]1(O)C(=O)OCc2c1cc1n(c2=O)Cc2c-1nc1cc3c(cc1c2CN1CCN(C)CC1)OCO3.O=C(O)CC(F)(F)F. The third-order valence-corrected chi connectivity index (χ3v) is 8.63. The van der Waals surface area contributed by atoms with Crippen LogP contribution in [0.3, 0.4) is 0 Å².